The molecule has 0 saturated carbocycles. The van der Waals surface area contributed by atoms with Crippen LogP contribution < -0.4 is 9.47 Å². The van der Waals surface area contributed by atoms with Gasteiger partial charge in [-0.05, 0) is 70.8 Å². The summed E-state index contributed by atoms with van der Waals surface area (Å²) in [4.78, 5) is 0. The Balaban J connectivity index is 1.67. The first-order valence-electron chi connectivity index (χ1n) is 11.5. The van der Waals surface area contributed by atoms with E-state index < -0.39 is 0 Å². The summed E-state index contributed by atoms with van der Waals surface area (Å²) in [7, 11) is 3.37. The summed E-state index contributed by atoms with van der Waals surface area (Å²) in [6, 6.07) is 33.2. The Labute approximate surface area is 224 Å². The number of methoxy groups -OCH3 is 2. The first kappa shape index (κ1) is 25.5. The lowest BCUT2D eigenvalue weighted by atomic mass is 9.98. The van der Waals surface area contributed by atoms with Crippen molar-refractivity contribution in [2.75, 3.05) is 14.2 Å². The molecule has 0 aliphatic heterocycles. The molecule has 0 bridgehead atoms. The third-order valence-corrected chi connectivity index (χ3v) is 7.03. The molecule has 0 aliphatic rings. The van der Waals surface area contributed by atoms with Crippen LogP contribution in [0.1, 0.15) is 34.5 Å². The van der Waals surface area contributed by atoms with E-state index in [2.05, 4.69) is 105 Å². The van der Waals surface area contributed by atoms with Crippen molar-refractivity contribution < 1.29 is 14.2 Å². The van der Waals surface area contributed by atoms with Gasteiger partial charge in [-0.2, -0.15) is 0 Å². The summed E-state index contributed by atoms with van der Waals surface area (Å²) in [6.07, 6.45) is 1.24. The molecular weight excluding hydrogens is 568 g/mol. The van der Waals surface area contributed by atoms with E-state index in [1.54, 1.807) is 14.2 Å². The maximum atomic E-state index is 6.93. The van der Waals surface area contributed by atoms with Crippen molar-refractivity contribution in [2.24, 2.45) is 0 Å². The van der Waals surface area contributed by atoms with Crippen molar-refractivity contribution >= 4 is 31.9 Å². The van der Waals surface area contributed by atoms with E-state index in [9.17, 15) is 0 Å². The Morgan fingerprint density at radius 2 is 0.857 bits per heavy atom. The van der Waals surface area contributed by atoms with E-state index in [1.165, 1.54) is 11.1 Å². The molecule has 0 amide bonds. The number of benzene rings is 4. The fourth-order valence-electron chi connectivity index (χ4n) is 3.99. The van der Waals surface area contributed by atoms with Gasteiger partial charge in [0.15, 0.2) is 0 Å². The predicted octanol–water partition coefficient (Wildman–Crippen LogP) is 8.51. The maximum absolute atomic E-state index is 6.93. The molecule has 0 N–H and O–H groups in total. The van der Waals surface area contributed by atoms with Gasteiger partial charge in [-0.1, -0.05) is 80.4 Å². The Bertz CT molecular complexity index is 1090. The molecule has 0 spiro atoms. The molecule has 4 aromatic rings. The lowest BCUT2D eigenvalue weighted by Gasteiger charge is -2.27. The van der Waals surface area contributed by atoms with Crippen LogP contribution in [0.2, 0.25) is 0 Å². The molecule has 3 nitrogen and oxygen atoms in total. The van der Waals surface area contributed by atoms with Gasteiger partial charge < -0.3 is 14.2 Å². The lowest BCUT2D eigenvalue weighted by Crippen LogP contribution is -2.15. The van der Waals surface area contributed by atoms with Crippen molar-refractivity contribution in [1.82, 2.24) is 0 Å². The zero-order chi connectivity index (χ0) is 24.6. The summed E-state index contributed by atoms with van der Waals surface area (Å²) >= 11 is 7.08. The molecule has 0 fully saturated rings. The summed E-state index contributed by atoms with van der Waals surface area (Å²) in [5, 5.41) is 0. The lowest BCUT2D eigenvalue weighted by molar-refractivity contribution is -0.0149. The zero-order valence-corrected chi connectivity index (χ0v) is 23.0. The molecule has 4 aromatic carbocycles. The minimum absolute atomic E-state index is 0.135. The Hall–Kier alpha value is -2.60. The van der Waals surface area contributed by atoms with Crippen LogP contribution in [0.15, 0.2) is 106 Å². The van der Waals surface area contributed by atoms with Crippen LogP contribution in [0.5, 0.6) is 11.5 Å². The molecule has 35 heavy (non-hydrogen) atoms. The topological polar surface area (TPSA) is 27.7 Å². The first-order chi connectivity index (χ1) is 17.0. The smallest absolute Gasteiger partial charge is 0.118 e. The third-order valence-electron chi connectivity index (χ3n) is 5.97. The molecule has 0 aliphatic carbocycles. The molecule has 4 rings (SSSR count). The van der Waals surface area contributed by atoms with E-state index in [0.717, 1.165) is 44.4 Å². The van der Waals surface area contributed by atoms with Gasteiger partial charge in [0.1, 0.15) is 11.5 Å². The fourth-order valence-corrected chi connectivity index (χ4v) is 4.52. The largest absolute Gasteiger partial charge is 0.497 e. The molecule has 0 saturated heterocycles. The van der Waals surface area contributed by atoms with Gasteiger partial charge in [0.05, 0.1) is 26.4 Å². The highest BCUT2D eigenvalue weighted by Crippen LogP contribution is 2.34. The normalized spacial score (nSPS) is 12.7. The highest BCUT2D eigenvalue weighted by atomic mass is 79.9. The summed E-state index contributed by atoms with van der Waals surface area (Å²) in [5.41, 5.74) is 4.66. The highest BCUT2D eigenvalue weighted by Gasteiger charge is 2.22. The van der Waals surface area contributed by atoms with Gasteiger partial charge in [0.25, 0.3) is 0 Å². The standard InChI is InChI=1S/C30H28Br2O3/c1-33-27-15-7-23(8-16-27)29(19-21-3-11-25(31)12-4-21)35-30(20-22-5-13-26(32)14-6-22)24-9-17-28(34-2)18-10-24/h3-18,29-30H,19-20H2,1-2H3. The molecule has 0 radical (unpaired) electrons. The molecule has 180 valence electrons. The predicted molar refractivity (Wildman–Crippen MR) is 148 cm³/mol. The van der Waals surface area contributed by atoms with E-state index in [0.29, 0.717) is 0 Å². The number of hydrogen-bond donors (Lipinski definition) is 0. The van der Waals surface area contributed by atoms with Gasteiger partial charge in [-0.3, -0.25) is 0 Å². The fraction of sp³-hybridized carbons (Fsp3) is 0.200. The second kappa shape index (κ2) is 12.4. The van der Waals surface area contributed by atoms with Crippen LogP contribution in [0.3, 0.4) is 0 Å². The Morgan fingerprint density at radius 1 is 0.514 bits per heavy atom. The molecule has 0 heterocycles. The van der Waals surface area contributed by atoms with Crippen molar-refractivity contribution in [2.45, 2.75) is 25.0 Å². The molecule has 2 atom stereocenters. The van der Waals surface area contributed by atoms with Crippen LogP contribution in [-0.4, -0.2) is 14.2 Å². The molecule has 5 heteroatoms. The van der Waals surface area contributed by atoms with Crippen LogP contribution in [-0.2, 0) is 17.6 Å². The average Bonchev–Trinajstić information content (AvgIpc) is 2.90. The van der Waals surface area contributed by atoms with Crippen LogP contribution >= 0.6 is 31.9 Å². The Morgan fingerprint density at radius 3 is 1.17 bits per heavy atom. The zero-order valence-electron chi connectivity index (χ0n) is 19.8. The number of ether oxygens (including phenoxy) is 3. The van der Waals surface area contributed by atoms with E-state index >= 15 is 0 Å². The van der Waals surface area contributed by atoms with Crippen molar-refractivity contribution in [3.05, 3.63) is 128 Å². The summed E-state index contributed by atoms with van der Waals surface area (Å²) in [6.45, 7) is 0. The minimum atomic E-state index is -0.135. The van der Waals surface area contributed by atoms with Crippen LogP contribution in [0.4, 0.5) is 0 Å². The monoisotopic (exact) mass is 594 g/mol. The second-order valence-corrected chi connectivity index (χ2v) is 10.2. The van der Waals surface area contributed by atoms with Crippen LogP contribution in [0.25, 0.3) is 0 Å². The van der Waals surface area contributed by atoms with Gasteiger partial charge in [-0.15, -0.1) is 0 Å². The summed E-state index contributed by atoms with van der Waals surface area (Å²) in [5.74, 6) is 1.66. The van der Waals surface area contributed by atoms with Crippen molar-refractivity contribution in [3.63, 3.8) is 0 Å². The number of halogens is 2. The van der Waals surface area contributed by atoms with Crippen molar-refractivity contribution in [1.29, 1.82) is 0 Å². The van der Waals surface area contributed by atoms with Gasteiger partial charge in [-0.25, -0.2) is 0 Å². The van der Waals surface area contributed by atoms with E-state index in [-0.39, 0.29) is 12.2 Å². The first-order valence-corrected chi connectivity index (χ1v) is 13.0. The second-order valence-electron chi connectivity index (χ2n) is 8.32. The third kappa shape index (κ3) is 7.20. The maximum Gasteiger partial charge on any atom is 0.118 e. The molecular formula is C30H28Br2O3. The average molecular weight is 596 g/mol. The number of hydrogen-bond acceptors (Lipinski definition) is 3. The molecule has 2 unspecified atom stereocenters. The van der Waals surface area contributed by atoms with Gasteiger partial charge in [0, 0.05) is 21.8 Å². The molecule has 0 aromatic heterocycles. The summed E-state index contributed by atoms with van der Waals surface area (Å²) < 4.78 is 19.8. The Kier molecular flexibility index (Phi) is 9.02. The highest BCUT2D eigenvalue weighted by molar-refractivity contribution is 9.10. The SMILES string of the molecule is COc1ccc(C(Cc2ccc(Br)cc2)OC(Cc2ccc(Br)cc2)c2ccc(OC)cc2)cc1. The van der Waals surface area contributed by atoms with E-state index in [4.69, 9.17) is 14.2 Å². The quantitative estimate of drug-likeness (QED) is 0.184. The minimum Gasteiger partial charge on any atom is -0.497 e. The van der Waals surface area contributed by atoms with Crippen molar-refractivity contribution in [3.8, 4) is 11.5 Å². The van der Waals surface area contributed by atoms with Gasteiger partial charge in [0.2, 0.25) is 0 Å². The number of rotatable bonds is 10. The van der Waals surface area contributed by atoms with Crippen LogP contribution in [0, 0.1) is 0 Å². The van der Waals surface area contributed by atoms with Gasteiger partial charge >= 0.3 is 0 Å². The van der Waals surface area contributed by atoms with E-state index in [1.807, 2.05) is 24.3 Å².